The summed E-state index contributed by atoms with van der Waals surface area (Å²) in [6, 6.07) is 0. The number of aliphatic hydroxyl groups is 1. The average Bonchev–Trinajstić information content (AvgIpc) is 2.69. The number of hydrogen-bond donors (Lipinski definition) is 1. The maximum Gasteiger partial charge on any atom is 0.0594 e. The molecule has 0 amide bonds. The van der Waals surface area contributed by atoms with Gasteiger partial charge in [0.15, 0.2) is 0 Å². The van der Waals surface area contributed by atoms with Crippen LogP contribution in [0, 0.1) is 63.1 Å². The van der Waals surface area contributed by atoms with Gasteiger partial charge in [-0.25, -0.2) is 0 Å². The normalized spacial score (nSPS) is 58.3. The molecule has 5 aliphatic rings. The highest BCUT2D eigenvalue weighted by Gasteiger charge is 2.67. The van der Waals surface area contributed by atoms with Crippen LogP contribution in [0.3, 0.4) is 0 Å². The first-order chi connectivity index (χ1) is 14.4. The van der Waals surface area contributed by atoms with Crippen molar-refractivity contribution in [3.8, 4) is 0 Å². The van der Waals surface area contributed by atoms with Gasteiger partial charge in [0.25, 0.3) is 0 Å². The molecule has 1 N–H and O–H groups in total. The lowest BCUT2D eigenvalue weighted by Gasteiger charge is -2.71. The molecule has 0 radical (unpaired) electrons. The van der Waals surface area contributed by atoms with E-state index in [-0.39, 0.29) is 11.5 Å². The Kier molecular flexibility index (Phi) is 4.98. The van der Waals surface area contributed by atoms with Crippen LogP contribution < -0.4 is 0 Å². The summed E-state index contributed by atoms with van der Waals surface area (Å²) in [5, 5.41) is 10.9. The van der Waals surface area contributed by atoms with Gasteiger partial charge in [0.2, 0.25) is 0 Å². The lowest BCUT2D eigenvalue weighted by atomic mass is 9.34. The molecule has 4 fully saturated rings. The molecule has 5 aliphatic carbocycles. The molecule has 4 saturated carbocycles. The first-order valence-electron chi connectivity index (χ1n) is 13.8. The summed E-state index contributed by atoms with van der Waals surface area (Å²) in [6.07, 6.45) is 13.1. The molecule has 1 nitrogen and oxygen atoms in total. The highest BCUT2D eigenvalue weighted by Crippen LogP contribution is 2.74. The molecular weight excluding hydrogens is 376 g/mol. The highest BCUT2D eigenvalue weighted by atomic mass is 16.3. The van der Waals surface area contributed by atoms with Crippen molar-refractivity contribution in [2.45, 2.75) is 113 Å². The molecule has 0 aromatic rings. The van der Waals surface area contributed by atoms with Crippen LogP contribution in [0.2, 0.25) is 0 Å². The molecule has 0 heterocycles. The molecule has 31 heavy (non-hydrogen) atoms. The smallest absolute Gasteiger partial charge is 0.0594 e. The fourth-order valence-corrected chi connectivity index (χ4v) is 11.0. The summed E-state index contributed by atoms with van der Waals surface area (Å²) in [6.45, 7) is 20.4. The van der Waals surface area contributed by atoms with Crippen molar-refractivity contribution in [2.75, 3.05) is 0 Å². The van der Waals surface area contributed by atoms with Gasteiger partial charge in [-0.3, -0.25) is 0 Å². The number of allylic oxidation sites excluding steroid dienone is 2. The minimum absolute atomic E-state index is 0.0552. The average molecular weight is 427 g/mol. The van der Waals surface area contributed by atoms with E-state index < -0.39 is 0 Å². The Labute approximate surface area is 192 Å². The number of rotatable bonds is 0. The molecule has 0 aliphatic heterocycles. The second-order valence-corrected chi connectivity index (χ2v) is 14.4. The van der Waals surface area contributed by atoms with E-state index >= 15 is 0 Å². The lowest BCUT2D eigenvalue weighted by Crippen LogP contribution is -2.64. The molecule has 0 aromatic heterocycles. The van der Waals surface area contributed by atoms with Gasteiger partial charge in [-0.05, 0) is 114 Å². The van der Waals surface area contributed by atoms with Gasteiger partial charge < -0.3 is 5.11 Å². The third-order valence-electron chi connectivity index (χ3n) is 13.2. The lowest BCUT2D eigenvalue weighted by molar-refractivity contribution is -0.201. The largest absolute Gasteiger partial charge is 0.393 e. The number of aliphatic hydroxyl groups excluding tert-OH is 1. The highest BCUT2D eigenvalue weighted by molar-refractivity contribution is 5.32. The van der Waals surface area contributed by atoms with Crippen LogP contribution in [-0.2, 0) is 0 Å². The van der Waals surface area contributed by atoms with Gasteiger partial charge in [0.1, 0.15) is 0 Å². The van der Waals surface area contributed by atoms with Gasteiger partial charge in [0, 0.05) is 0 Å². The molecule has 1 heteroatoms. The molecule has 0 aromatic carbocycles. The third kappa shape index (κ3) is 2.71. The zero-order valence-corrected chi connectivity index (χ0v) is 21.8. The molecular formula is C30H50O. The first kappa shape index (κ1) is 22.5. The van der Waals surface area contributed by atoms with Crippen molar-refractivity contribution in [1.29, 1.82) is 0 Å². The fraction of sp³-hybridized carbons (Fsp3) is 0.933. The van der Waals surface area contributed by atoms with Crippen molar-refractivity contribution in [3.05, 3.63) is 11.6 Å². The van der Waals surface area contributed by atoms with Crippen molar-refractivity contribution >= 4 is 0 Å². The molecule has 0 saturated heterocycles. The second kappa shape index (κ2) is 6.86. The van der Waals surface area contributed by atoms with Crippen molar-refractivity contribution in [2.24, 2.45) is 63.1 Å². The van der Waals surface area contributed by atoms with Gasteiger partial charge in [-0.1, -0.05) is 67.0 Å². The Bertz CT molecular complexity index is 764. The maximum absolute atomic E-state index is 10.9. The zero-order valence-electron chi connectivity index (χ0n) is 21.8. The van der Waals surface area contributed by atoms with E-state index in [0.29, 0.717) is 22.2 Å². The topological polar surface area (TPSA) is 20.2 Å². The number of hydrogen-bond acceptors (Lipinski definition) is 1. The second-order valence-electron chi connectivity index (χ2n) is 14.4. The summed E-state index contributed by atoms with van der Waals surface area (Å²) in [5.74, 6) is 5.75. The van der Waals surface area contributed by atoms with E-state index in [9.17, 15) is 5.11 Å². The Morgan fingerprint density at radius 3 is 2.26 bits per heavy atom. The Morgan fingerprint density at radius 2 is 1.55 bits per heavy atom. The van der Waals surface area contributed by atoms with E-state index in [0.717, 1.165) is 41.9 Å². The molecule has 11 atom stereocenters. The molecule has 0 unspecified atom stereocenters. The molecule has 5 rings (SSSR count). The zero-order chi connectivity index (χ0) is 22.6. The van der Waals surface area contributed by atoms with E-state index in [2.05, 4.69) is 61.5 Å². The van der Waals surface area contributed by atoms with Gasteiger partial charge in [-0.2, -0.15) is 0 Å². The van der Waals surface area contributed by atoms with Crippen LogP contribution in [0.5, 0.6) is 0 Å². The first-order valence-corrected chi connectivity index (χ1v) is 13.8. The van der Waals surface area contributed by atoms with Crippen LogP contribution >= 0.6 is 0 Å². The number of fused-ring (bicyclic) bond motifs is 7. The van der Waals surface area contributed by atoms with Crippen molar-refractivity contribution in [3.63, 3.8) is 0 Å². The summed E-state index contributed by atoms with van der Waals surface area (Å²) in [4.78, 5) is 0. The van der Waals surface area contributed by atoms with Crippen LogP contribution in [-0.4, -0.2) is 11.2 Å². The predicted molar refractivity (Wildman–Crippen MR) is 131 cm³/mol. The van der Waals surface area contributed by atoms with Crippen molar-refractivity contribution < 1.29 is 5.11 Å². The minimum atomic E-state index is -0.123. The van der Waals surface area contributed by atoms with Gasteiger partial charge in [0.05, 0.1) is 6.10 Å². The summed E-state index contributed by atoms with van der Waals surface area (Å²) in [7, 11) is 0. The van der Waals surface area contributed by atoms with Crippen LogP contribution in [0.15, 0.2) is 11.6 Å². The van der Waals surface area contributed by atoms with Gasteiger partial charge in [-0.15, -0.1) is 0 Å². The van der Waals surface area contributed by atoms with Crippen LogP contribution in [0.4, 0.5) is 0 Å². The SMILES string of the molecule is C[C@H]1[C@H]2C3=CC[C@H]4[C@@]5(C)CC[C@H](O)C(C)(C)[C@@H]5CC[C@]4(C)[C@]3(C)CC[C@H]2[C@@H](C)C[C@@H]1C. The summed E-state index contributed by atoms with van der Waals surface area (Å²) < 4.78 is 0. The fourth-order valence-electron chi connectivity index (χ4n) is 11.0. The summed E-state index contributed by atoms with van der Waals surface area (Å²) >= 11 is 0. The summed E-state index contributed by atoms with van der Waals surface area (Å²) in [5.41, 5.74) is 3.10. The van der Waals surface area contributed by atoms with E-state index in [1.165, 1.54) is 44.9 Å². The Morgan fingerprint density at radius 1 is 0.839 bits per heavy atom. The monoisotopic (exact) mass is 426 g/mol. The third-order valence-corrected chi connectivity index (χ3v) is 13.2. The van der Waals surface area contributed by atoms with Crippen LogP contribution in [0.25, 0.3) is 0 Å². The molecule has 0 spiro atoms. The van der Waals surface area contributed by atoms with Gasteiger partial charge >= 0.3 is 0 Å². The quantitative estimate of drug-likeness (QED) is 0.390. The Hall–Kier alpha value is -0.300. The predicted octanol–water partition coefficient (Wildman–Crippen LogP) is 7.88. The van der Waals surface area contributed by atoms with Crippen LogP contribution in [0.1, 0.15) is 107 Å². The Balaban J connectivity index is 1.57. The standard InChI is InChI=1S/C30H50O/c1-18-17-19(2)21-11-15-29(7)22(26(21)20(18)3)9-10-24-28(6)14-13-25(31)27(4,5)23(28)12-16-30(24,29)8/h9,18-21,23-26,31H,10-17H2,1-8H3/t18-,19-,20+,21-,23-,24-,25-,26+,28-,29+,30-/m0/s1. The van der Waals surface area contributed by atoms with Crippen molar-refractivity contribution in [1.82, 2.24) is 0 Å². The molecule has 176 valence electrons. The van der Waals surface area contributed by atoms with E-state index in [4.69, 9.17) is 0 Å². The van der Waals surface area contributed by atoms with E-state index in [1.54, 1.807) is 0 Å². The molecule has 0 bridgehead atoms. The maximum atomic E-state index is 10.9. The minimum Gasteiger partial charge on any atom is -0.393 e. The van der Waals surface area contributed by atoms with E-state index in [1.807, 2.05) is 5.57 Å².